The Balaban J connectivity index is 1.69. The molecule has 0 radical (unpaired) electrons. The molecule has 5 heteroatoms. The van der Waals surface area contributed by atoms with Gasteiger partial charge >= 0.3 is 0 Å². The molecular formula is C13H14ClFN2O. The third-order valence-electron chi connectivity index (χ3n) is 3.83. The lowest BCUT2D eigenvalue weighted by atomic mass is 9.99. The molecule has 2 aliphatic rings. The van der Waals surface area contributed by atoms with Gasteiger partial charge in [-0.3, -0.25) is 4.79 Å². The van der Waals surface area contributed by atoms with Gasteiger partial charge in [0.2, 0.25) is 5.91 Å². The first kappa shape index (κ1) is 11.9. The number of nitrogens with one attached hydrogen (secondary N) is 2. The van der Waals surface area contributed by atoms with E-state index >= 15 is 0 Å². The third-order valence-corrected chi connectivity index (χ3v) is 4.12. The van der Waals surface area contributed by atoms with Crippen LogP contribution in [-0.4, -0.2) is 18.0 Å². The number of hydrogen-bond donors (Lipinski definition) is 2. The summed E-state index contributed by atoms with van der Waals surface area (Å²) in [6, 6.07) is 4.58. The summed E-state index contributed by atoms with van der Waals surface area (Å²) in [5.41, 5.74) is 0.538. The Morgan fingerprint density at radius 1 is 1.44 bits per heavy atom. The first-order valence-electron chi connectivity index (χ1n) is 6.15. The highest BCUT2D eigenvalue weighted by molar-refractivity contribution is 6.31. The molecule has 2 bridgehead atoms. The summed E-state index contributed by atoms with van der Waals surface area (Å²) in [5, 5.41) is 6.12. The van der Waals surface area contributed by atoms with E-state index in [0.717, 1.165) is 19.3 Å². The molecule has 1 aliphatic heterocycles. The Hall–Kier alpha value is -1.13. The Kier molecular flexibility index (Phi) is 2.99. The molecule has 2 N–H and O–H groups in total. The minimum absolute atomic E-state index is 0.0219. The molecule has 1 saturated carbocycles. The first-order valence-corrected chi connectivity index (χ1v) is 6.53. The molecule has 3 atom stereocenters. The Morgan fingerprint density at radius 3 is 2.89 bits per heavy atom. The smallest absolute Gasteiger partial charge is 0.241 e. The second-order valence-electron chi connectivity index (χ2n) is 5.03. The fourth-order valence-corrected chi connectivity index (χ4v) is 3.12. The molecule has 18 heavy (non-hydrogen) atoms. The van der Waals surface area contributed by atoms with Crippen molar-refractivity contribution in [2.45, 2.75) is 31.3 Å². The van der Waals surface area contributed by atoms with Crippen LogP contribution < -0.4 is 10.6 Å². The van der Waals surface area contributed by atoms with Crippen molar-refractivity contribution in [2.24, 2.45) is 5.92 Å². The van der Waals surface area contributed by atoms with E-state index in [1.165, 1.54) is 18.2 Å². The van der Waals surface area contributed by atoms with Gasteiger partial charge in [0.05, 0.1) is 11.1 Å². The minimum Gasteiger partial charge on any atom is -0.325 e. The Bertz CT molecular complexity index is 494. The highest BCUT2D eigenvalue weighted by Gasteiger charge is 2.42. The zero-order valence-corrected chi connectivity index (χ0v) is 10.5. The van der Waals surface area contributed by atoms with Crippen LogP contribution in [0.2, 0.25) is 5.02 Å². The van der Waals surface area contributed by atoms with E-state index in [0.29, 0.717) is 17.6 Å². The van der Waals surface area contributed by atoms with E-state index < -0.39 is 5.82 Å². The van der Waals surface area contributed by atoms with Gasteiger partial charge in [-0.05, 0) is 43.4 Å². The fraction of sp³-hybridized carbons (Fsp3) is 0.462. The van der Waals surface area contributed by atoms with Crippen LogP contribution in [0.25, 0.3) is 0 Å². The summed E-state index contributed by atoms with van der Waals surface area (Å²) < 4.78 is 13.0. The van der Waals surface area contributed by atoms with Gasteiger partial charge in [-0.2, -0.15) is 0 Å². The maximum Gasteiger partial charge on any atom is 0.241 e. The zero-order chi connectivity index (χ0) is 12.7. The van der Waals surface area contributed by atoms with Gasteiger partial charge in [-0.1, -0.05) is 11.6 Å². The van der Waals surface area contributed by atoms with E-state index in [2.05, 4.69) is 10.6 Å². The van der Waals surface area contributed by atoms with Crippen LogP contribution in [-0.2, 0) is 4.79 Å². The number of carbonyl (C=O) groups is 1. The van der Waals surface area contributed by atoms with Crippen LogP contribution in [0.4, 0.5) is 10.1 Å². The van der Waals surface area contributed by atoms with Gasteiger partial charge < -0.3 is 10.6 Å². The average molecular weight is 269 g/mol. The third kappa shape index (κ3) is 2.10. The Morgan fingerprint density at radius 2 is 2.28 bits per heavy atom. The summed E-state index contributed by atoms with van der Waals surface area (Å²) in [4.78, 5) is 12.1. The van der Waals surface area contributed by atoms with Crippen molar-refractivity contribution in [3.8, 4) is 0 Å². The maximum atomic E-state index is 13.0. The maximum absolute atomic E-state index is 13.0. The van der Waals surface area contributed by atoms with E-state index in [-0.39, 0.29) is 17.0 Å². The lowest BCUT2D eigenvalue weighted by Crippen LogP contribution is -2.44. The second kappa shape index (κ2) is 4.52. The molecule has 3 nitrogen and oxygen atoms in total. The number of halogens is 2. The van der Waals surface area contributed by atoms with E-state index in [4.69, 9.17) is 11.6 Å². The normalized spacial score (nSPS) is 29.6. The van der Waals surface area contributed by atoms with Crippen molar-refractivity contribution < 1.29 is 9.18 Å². The molecule has 0 spiro atoms. The molecule has 3 rings (SSSR count). The highest BCUT2D eigenvalue weighted by Crippen LogP contribution is 2.35. The molecule has 2 fully saturated rings. The van der Waals surface area contributed by atoms with Crippen LogP contribution in [0.1, 0.15) is 19.3 Å². The van der Waals surface area contributed by atoms with Gasteiger partial charge in [0.15, 0.2) is 0 Å². The van der Waals surface area contributed by atoms with Crippen molar-refractivity contribution in [3.05, 3.63) is 29.0 Å². The van der Waals surface area contributed by atoms with E-state index in [1.54, 1.807) is 0 Å². The molecule has 1 amide bonds. The van der Waals surface area contributed by atoms with Gasteiger partial charge in [0.25, 0.3) is 0 Å². The molecule has 1 aromatic rings. The number of rotatable bonds is 2. The number of amides is 1. The molecule has 96 valence electrons. The van der Waals surface area contributed by atoms with Crippen LogP contribution >= 0.6 is 11.6 Å². The number of fused-ring (bicyclic) bond motifs is 2. The average Bonchev–Trinajstić information content (AvgIpc) is 2.96. The molecule has 1 aliphatic carbocycles. The minimum atomic E-state index is -0.479. The summed E-state index contributed by atoms with van der Waals surface area (Å²) >= 11 is 5.68. The highest BCUT2D eigenvalue weighted by atomic mass is 35.5. The summed E-state index contributed by atoms with van der Waals surface area (Å²) in [7, 11) is 0. The number of carbonyl (C=O) groups excluding carboxylic acids is 1. The van der Waals surface area contributed by atoms with E-state index in [9.17, 15) is 9.18 Å². The second-order valence-corrected chi connectivity index (χ2v) is 5.44. The largest absolute Gasteiger partial charge is 0.325 e. The van der Waals surface area contributed by atoms with Crippen molar-refractivity contribution in [1.82, 2.24) is 5.32 Å². The fourth-order valence-electron chi connectivity index (χ4n) is 2.94. The number of hydrogen-bond acceptors (Lipinski definition) is 2. The summed E-state index contributed by atoms with van der Waals surface area (Å²) in [5.74, 6) is -0.0940. The predicted octanol–water partition coefficient (Wildman–Crippen LogP) is 2.56. The lowest BCUT2D eigenvalue weighted by Gasteiger charge is -2.22. The first-order chi connectivity index (χ1) is 8.63. The molecule has 1 aromatic carbocycles. The van der Waals surface area contributed by atoms with Crippen molar-refractivity contribution >= 4 is 23.2 Å². The molecular weight excluding hydrogens is 255 g/mol. The Labute approximate surface area is 110 Å². The van der Waals surface area contributed by atoms with Crippen LogP contribution in [0.3, 0.4) is 0 Å². The number of anilines is 1. The molecule has 1 saturated heterocycles. The van der Waals surface area contributed by atoms with E-state index in [1.807, 2.05) is 0 Å². The summed E-state index contributed by atoms with van der Waals surface area (Å²) in [6.07, 6.45) is 3.36. The van der Waals surface area contributed by atoms with Crippen molar-refractivity contribution in [3.63, 3.8) is 0 Å². The molecule has 0 unspecified atom stereocenters. The lowest BCUT2D eigenvalue weighted by molar-refractivity contribution is -0.119. The quantitative estimate of drug-likeness (QED) is 0.866. The predicted molar refractivity (Wildman–Crippen MR) is 68.1 cm³/mol. The van der Waals surface area contributed by atoms with Crippen LogP contribution in [0.5, 0.6) is 0 Å². The van der Waals surface area contributed by atoms with Crippen LogP contribution in [0, 0.1) is 11.7 Å². The van der Waals surface area contributed by atoms with Crippen LogP contribution in [0.15, 0.2) is 18.2 Å². The topological polar surface area (TPSA) is 41.1 Å². The molecule has 0 aromatic heterocycles. The monoisotopic (exact) mass is 268 g/mol. The van der Waals surface area contributed by atoms with Crippen molar-refractivity contribution in [1.29, 1.82) is 0 Å². The number of benzene rings is 1. The summed E-state index contributed by atoms with van der Waals surface area (Å²) in [6.45, 7) is 0. The van der Waals surface area contributed by atoms with Gasteiger partial charge in [0, 0.05) is 11.7 Å². The van der Waals surface area contributed by atoms with Crippen molar-refractivity contribution in [2.75, 3.05) is 5.32 Å². The zero-order valence-electron chi connectivity index (χ0n) is 9.75. The molecule has 1 heterocycles. The standard InChI is InChI=1S/C13H14ClFN2O/c14-10-6-9(3-4-11(10)15)17-13(18)12-7-1-2-8(5-7)16-12/h3-4,6-8,12,16H,1-2,5H2,(H,17,18)/t7-,8+,12-/m0/s1. The van der Waals surface area contributed by atoms with Gasteiger partial charge in [-0.15, -0.1) is 0 Å². The number of piperidine rings is 1. The van der Waals surface area contributed by atoms with Gasteiger partial charge in [-0.25, -0.2) is 4.39 Å². The SMILES string of the molecule is O=C(Nc1ccc(F)c(Cl)c1)[C@H]1N[C@@H]2CC[C@H]1C2. The van der Waals surface area contributed by atoms with Gasteiger partial charge in [0.1, 0.15) is 5.82 Å².